The number of imidazole rings is 1. The number of rotatable bonds is 2. The van der Waals surface area contributed by atoms with Gasteiger partial charge in [-0.25, -0.2) is 4.98 Å². The van der Waals surface area contributed by atoms with Crippen LogP contribution in [0.5, 0.6) is 0 Å². The third-order valence-corrected chi connectivity index (χ3v) is 5.61. The van der Waals surface area contributed by atoms with E-state index in [0.717, 1.165) is 37.3 Å². The van der Waals surface area contributed by atoms with E-state index in [9.17, 15) is 4.79 Å². The van der Waals surface area contributed by atoms with E-state index in [2.05, 4.69) is 23.2 Å². The van der Waals surface area contributed by atoms with Crippen LogP contribution in [0.2, 0.25) is 0 Å². The highest BCUT2D eigenvalue weighted by Gasteiger charge is 2.30. The summed E-state index contributed by atoms with van der Waals surface area (Å²) in [6, 6.07) is 16.7. The number of hydrogen-bond acceptors (Lipinski definition) is 3. The topological polar surface area (TPSA) is 64.2 Å². The van der Waals surface area contributed by atoms with Crippen molar-refractivity contribution in [1.82, 2.24) is 9.55 Å². The van der Waals surface area contributed by atoms with E-state index in [1.54, 1.807) is 0 Å². The van der Waals surface area contributed by atoms with Crippen molar-refractivity contribution < 1.29 is 4.79 Å². The van der Waals surface area contributed by atoms with Crippen LogP contribution in [0.1, 0.15) is 28.3 Å². The second kappa shape index (κ2) is 6.35. The Balaban J connectivity index is 1.49. The Kier molecular flexibility index (Phi) is 3.83. The average Bonchev–Trinajstić information content (AvgIpc) is 3.31. The number of aryl methyl sites for hydroxylation is 1. The molecule has 2 N–H and O–H groups in total. The molecule has 1 atom stereocenters. The number of benzene rings is 2. The monoisotopic (exact) mass is 358 g/mol. The van der Waals surface area contributed by atoms with E-state index in [4.69, 9.17) is 5.73 Å². The van der Waals surface area contributed by atoms with Gasteiger partial charge in [-0.3, -0.25) is 4.79 Å². The van der Waals surface area contributed by atoms with Crippen molar-refractivity contribution in [1.29, 1.82) is 0 Å². The van der Waals surface area contributed by atoms with E-state index in [-0.39, 0.29) is 11.9 Å². The molecule has 5 heteroatoms. The van der Waals surface area contributed by atoms with Crippen LogP contribution in [0.25, 0.3) is 11.1 Å². The zero-order valence-electron chi connectivity index (χ0n) is 15.1. The molecule has 27 heavy (non-hydrogen) atoms. The van der Waals surface area contributed by atoms with Gasteiger partial charge in [0.2, 0.25) is 0 Å². The fraction of sp³-hybridized carbons (Fsp3) is 0.273. The number of nitrogens with zero attached hydrogens (tertiary/aromatic N) is 3. The molecule has 0 radical (unpaired) electrons. The minimum absolute atomic E-state index is 0.0190. The lowest BCUT2D eigenvalue weighted by Crippen LogP contribution is -2.31. The minimum atomic E-state index is -0.0190. The maximum atomic E-state index is 13.2. The van der Waals surface area contributed by atoms with Crippen LogP contribution in [-0.4, -0.2) is 28.0 Å². The SMILES string of the molecule is NC1CCc2nc(C(=O)N3CCc4c(-c5ccccc5)cccc43)cn2C1. The summed E-state index contributed by atoms with van der Waals surface area (Å²) < 4.78 is 2.04. The maximum Gasteiger partial charge on any atom is 0.278 e. The average molecular weight is 358 g/mol. The summed E-state index contributed by atoms with van der Waals surface area (Å²) >= 11 is 0. The summed E-state index contributed by atoms with van der Waals surface area (Å²) in [7, 11) is 0. The van der Waals surface area contributed by atoms with Crippen LogP contribution in [0, 0.1) is 0 Å². The van der Waals surface area contributed by atoms with Crippen molar-refractivity contribution in [2.75, 3.05) is 11.4 Å². The second-order valence-electron chi connectivity index (χ2n) is 7.37. The van der Waals surface area contributed by atoms with Crippen molar-refractivity contribution >= 4 is 11.6 Å². The molecule has 136 valence electrons. The van der Waals surface area contributed by atoms with E-state index >= 15 is 0 Å². The summed E-state index contributed by atoms with van der Waals surface area (Å²) in [6.45, 7) is 1.43. The zero-order chi connectivity index (χ0) is 18.4. The number of hydrogen-bond donors (Lipinski definition) is 1. The fourth-order valence-electron chi connectivity index (χ4n) is 4.25. The van der Waals surface area contributed by atoms with Gasteiger partial charge in [-0.1, -0.05) is 42.5 Å². The highest BCUT2D eigenvalue weighted by Crippen LogP contribution is 2.36. The molecule has 2 aliphatic rings. The van der Waals surface area contributed by atoms with Gasteiger partial charge in [0.1, 0.15) is 11.5 Å². The number of fused-ring (bicyclic) bond motifs is 2. The number of amides is 1. The van der Waals surface area contributed by atoms with Crippen LogP contribution in [-0.2, 0) is 19.4 Å². The Hall–Kier alpha value is -2.92. The first-order chi connectivity index (χ1) is 13.2. The second-order valence-corrected chi connectivity index (χ2v) is 7.37. The lowest BCUT2D eigenvalue weighted by molar-refractivity contribution is 0.0985. The highest BCUT2D eigenvalue weighted by molar-refractivity contribution is 6.06. The molecule has 1 unspecified atom stereocenters. The predicted molar refractivity (Wildman–Crippen MR) is 106 cm³/mol. The summed E-state index contributed by atoms with van der Waals surface area (Å²) in [5.41, 5.74) is 11.2. The smallest absolute Gasteiger partial charge is 0.278 e. The van der Waals surface area contributed by atoms with Gasteiger partial charge in [0, 0.05) is 37.4 Å². The van der Waals surface area contributed by atoms with Crippen molar-refractivity contribution in [3.8, 4) is 11.1 Å². The van der Waals surface area contributed by atoms with Crippen LogP contribution in [0.3, 0.4) is 0 Å². The number of aromatic nitrogens is 2. The molecule has 5 rings (SSSR count). The fourth-order valence-corrected chi connectivity index (χ4v) is 4.25. The summed E-state index contributed by atoms with van der Waals surface area (Å²) in [6.07, 6.45) is 4.50. The molecule has 0 aliphatic carbocycles. The van der Waals surface area contributed by atoms with Crippen LogP contribution >= 0.6 is 0 Å². The number of anilines is 1. The van der Waals surface area contributed by atoms with Crippen LogP contribution in [0.4, 0.5) is 5.69 Å². The van der Waals surface area contributed by atoms with Gasteiger partial charge in [-0.2, -0.15) is 0 Å². The van der Waals surface area contributed by atoms with E-state index in [1.165, 1.54) is 16.7 Å². The van der Waals surface area contributed by atoms with Gasteiger partial charge in [0.15, 0.2) is 0 Å². The van der Waals surface area contributed by atoms with Gasteiger partial charge in [-0.15, -0.1) is 0 Å². The molecular weight excluding hydrogens is 336 g/mol. The summed E-state index contributed by atoms with van der Waals surface area (Å²) in [5, 5.41) is 0. The normalized spacial score (nSPS) is 18.3. The van der Waals surface area contributed by atoms with Crippen molar-refractivity contribution in [3.05, 3.63) is 71.8 Å². The van der Waals surface area contributed by atoms with Crippen molar-refractivity contribution in [3.63, 3.8) is 0 Å². The van der Waals surface area contributed by atoms with Gasteiger partial charge < -0.3 is 15.2 Å². The number of carbonyl (C=O) groups is 1. The quantitative estimate of drug-likeness (QED) is 0.766. The number of nitrogens with two attached hydrogens (primary N) is 1. The summed E-state index contributed by atoms with van der Waals surface area (Å²) in [5.74, 6) is 0.951. The molecule has 1 amide bonds. The first kappa shape index (κ1) is 16.3. The molecule has 0 saturated carbocycles. The number of carbonyl (C=O) groups excluding carboxylic acids is 1. The lowest BCUT2D eigenvalue weighted by atomic mass is 9.98. The Morgan fingerprint density at radius 2 is 1.93 bits per heavy atom. The van der Waals surface area contributed by atoms with Gasteiger partial charge >= 0.3 is 0 Å². The molecule has 0 bridgehead atoms. The molecule has 0 spiro atoms. The largest absolute Gasteiger partial charge is 0.333 e. The predicted octanol–water partition coefficient (Wildman–Crippen LogP) is 3.03. The van der Waals surface area contributed by atoms with E-state index in [0.29, 0.717) is 12.2 Å². The Morgan fingerprint density at radius 3 is 2.78 bits per heavy atom. The molecular formula is C22H22N4O. The Bertz CT molecular complexity index is 1010. The molecule has 3 heterocycles. The van der Waals surface area contributed by atoms with Gasteiger partial charge in [-0.05, 0) is 35.6 Å². The first-order valence-corrected chi connectivity index (χ1v) is 9.51. The Labute approximate surface area is 158 Å². The lowest BCUT2D eigenvalue weighted by Gasteiger charge is -2.19. The molecule has 2 aliphatic heterocycles. The molecule has 0 fully saturated rings. The summed E-state index contributed by atoms with van der Waals surface area (Å²) in [4.78, 5) is 19.6. The zero-order valence-corrected chi connectivity index (χ0v) is 15.1. The minimum Gasteiger partial charge on any atom is -0.333 e. The standard InChI is InChI=1S/C22H22N4O/c23-16-9-10-21-24-19(14-25(21)13-16)22(27)26-12-11-18-17(7-4-8-20(18)26)15-5-2-1-3-6-15/h1-8,14,16H,9-13,23H2. The van der Waals surface area contributed by atoms with Gasteiger partial charge in [0.25, 0.3) is 5.91 Å². The highest BCUT2D eigenvalue weighted by atomic mass is 16.2. The van der Waals surface area contributed by atoms with Crippen LogP contribution in [0.15, 0.2) is 54.7 Å². The van der Waals surface area contributed by atoms with E-state index in [1.807, 2.05) is 46.0 Å². The maximum absolute atomic E-state index is 13.2. The Morgan fingerprint density at radius 1 is 1.07 bits per heavy atom. The van der Waals surface area contributed by atoms with Crippen molar-refractivity contribution in [2.24, 2.45) is 5.73 Å². The molecule has 5 nitrogen and oxygen atoms in total. The molecule has 1 aromatic heterocycles. The molecule has 0 saturated heterocycles. The van der Waals surface area contributed by atoms with Gasteiger partial charge in [0.05, 0.1) is 0 Å². The first-order valence-electron chi connectivity index (χ1n) is 9.51. The third-order valence-electron chi connectivity index (χ3n) is 5.61. The third kappa shape index (κ3) is 2.75. The molecule has 3 aromatic rings. The molecule has 2 aromatic carbocycles. The van der Waals surface area contributed by atoms with Crippen molar-refractivity contribution in [2.45, 2.75) is 31.8 Å². The van der Waals surface area contributed by atoms with E-state index < -0.39 is 0 Å². The van der Waals surface area contributed by atoms with Crippen LogP contribution < -0.4 is 10.6 Å².